The van der Waals surface area contributed by atoms with Crippen molar-refractivity contribution in [3.8, 4) is 0 Å². The highest BCUT2D eigenvalue weighted by Crippen LogP contribution is 2.44. The van der Waals surface area contributed by atoms with Gasteiger partial charge in [-0.15, -0.1) is 0 Å². The molecule has 0 aromatic rings. The van der Waals surface area contributed by atoms with Crippen LogP contribution >= 0.6 is 0 Å². The van der Waals surface area contributed by atoms with Crippen molar-refractivity contribution in [3.05, 3.63) is 36.5 Å². The van der Waals surface area contributed by atoms with E-state index in [2.05, 4.69) is 44.7 Å². The van der Waals surface area contributed by atoms with Crippen LogP contribution in [-0.2, 0) is 4.74 Å². The van der Waals surface area contributed by atoms with E-state index in [-0.39, 0.29) is 11.7 Å². The third kappa shape index (κ3) is 1.81. The molecule has 1 nitrogen and oxygen atoms in total. The van der Waals surface area contributed by atoms with Gasteiger partial charge in [0.1, 0.15) is 0 Å². The molecular formula is C14H20O. The Labute approximate surface area is 92.5 Å². The number of fused-ring (bicyclic) bond motifs is 2. The summed E-state index contributed by atoms with van der Waals surface area (Å²) in [6.45, 7) is 10.5. The molecule has 1 saturated heterocycles. The van der Waals surface area contributed by atoms with E-state index in [0.717, 1.165) is 0 Å². The third-order valence-corrected chi connectivity index (χ3v) is 3.64. The quantitative estimate of drug-likeness (QED) is 0.594. The molecule has 3 atom stereocenters. The second-order valence-electron chi connectivity index (χ2n) is 5.09. The Bertz CT molecular complexity index is 322. The van der Waals surface area contributed by atoms with Crippen molar-refractivity contribution >= 4 is 0 Å². The van der Waals surface area contributed by atoms with Gasteiger partial charge in [0.05, 0.1) is 11.7 Å². The first-order valence-corrected chi connectivity index (χ1v) is 5.72. The lowest BCUT2D eigenvalue weighted by molar-refractivity contribution is -0.131. The Morgan fingerprint density at radius 1 is 1.53 bits per heavy atom. The molecule has 0 radical (unpaired) electrons. The van der Waals surface area contributed by atoms with Crippen LogP contribution in [0.5, 0.6) is 0 Å². The fourth-order valence-electron chi connectivity index (χ4n) is 2.61. The molecule has 0 aromatic heterocycles. The van der Waals surface area contributed by atoms with Crippen LogP contribution in [0, 0.1) is 11.8 Å². The monoisotopic (exact) mass is 204 g/mol. The van der Waals surface area contributed by atoms with Gasteiger partial charge in [0, 0.05) is 11.8 Å². The minimum atomic E-state index is -0.0438. The maximum absolute atomic E-state index is 6.15. The summed E-state index contributed by atoms with van der Waals surface area (Å²) in [5.74, 6) is 1.01. The van der Waals surface area contributed by atoms with Crippen LogP contribution < -0.4 is 0 Å². The highest BCUT2D eigenvalue weighted by atomic mass is 16.5. The van der Waals surface area contributed by atoms with Crippen LogP contribution in [0.15, 0.2) is 36.5 Å². The van der Waals surface area contributed by atoms with E-state index in [1.807, 2.05) is 6.92 Å². The minimum Gasteiger partial charge on any atom is -0.367 e. The highest BCUT2D eigenvalue weighted by Gasteiger charge is 2.43. The first-order valence-electron chi connectivity index (χ1n) is 5.72. The van der Waals surface area contributed by atoms with E-state index < -0.39 is 0 Å². The molecule has 15 heavy (non-hydrogen) atoms. The lowest BCUT2D eigenvalue weighted by Gasteiger charge is -2.47. The Morgan fingerprint density at radius 2 is 2.27 bits per heavy atom. The summed E-state index contributed by atoms with van der Waals surface area (Å²) in [6.07, 6.45) is 10.1. The molecule has 1 heterocycles. The number of hydrogen-bond acceptors (Lipinski definition) is 1. The Hall–Kier alpha value is -0.820. The van der Waals surface area contributed by atoms with Gasteiger partial charge in [-0.25, -0.2) is 0 Å². The van der Waals surface area contributed by atoms with E-state index in [9.17, 15) is 0 Å². The van der Waals surface area contributed by atoms with Gasteiger partial charge in [-0.05, 0) is 32.8 Å². The minimum absolute atomic E-state index is 0.0438. The van der Waals surface area contributed by atoms with E-state index in [1.165, 1.54) is 12.0 Å². The molecule has 0 amide bonds. The van der Waals surface area contributed by atoms with E-state index in [0.29, 0.717) is 11.8 Å². The SMILES string of the molecule is C=C1C=CC2CC1C(/C=C/C)OC2(C)C. The molecule has 82 valence electrons. The summed E-state index contributed by atoms with van der Waals surface area (Å²) >= 11 is 0. The average molecular weight is 204 g/mol. The van der Waals surface area contributed by atoms with Crippen molar-refractivity contribution in [2.45, 2.75) is 38.9 Å². The Balaban J connectivity index is 2.31. The fraction of sp³-hybridized carbons (Fsp3) is 0.571. The van der Waals surface area contributed by atoms with Gasteiger partial charge in [0.2, 0.25) is 0 Å². The van der Waals surface area contributed by atoms with Gasteiger partial charge in [0.25, 0.3) is 0 Å². The molecule has 0 aromatic carbocycles. The maximum Gasteiger partial charge on any atom is 0.0831 e. The van der Waals surface area contributed by atoms with Crippen molar-refractivity contribution in [1.29, 1.82) is 0 Å². The van der Waals surface area contributed by atoms with E-state index in [1.54, 1.807) is 0 Å². The number of ether oxygens (including phenoxy) is 1. The van der Waals surface area contributed by atoms with Gasteiger partial charge < -0.3 is 4.74 Å². The molecule has 1 fully saturated rings. The second-order valence-corrected chi connectivity index (χ2v) is 5.09. The van der Waals surface area contributed by atoms with Crippen LogP contribution in [0.25, 0.3) is 0 Å². The molecule has 0 N–H and O–H groups in total. The van der Waals surface area contributed by atoms with Crippen molar-refractivity contribution in [1.82, 2.24) is 0 Å². The smallest absolute Gasteiger partial charge is 0.0831 e. The number of rotatable bonds is 1. The highest BCUT2D eigenvalue weighted by molar-refractivity contribution is 5.28. The molecule has 2 bridgehead atoms. The second kappa shape index (κ2) is 3.64. The predicted octanol–water partition coefficient (Wildman–Crippen LogP) is 3.49. The molecule has 3 unspecified atom stereocenters. The summed E-state index contributed by atoms with van der Waals surface area (Å²) in [6, 6.07) is 0. The molecule has 2 aliphatic rings. The van der Waals surface area contributed by atoms with E-state index in [4.69, 9.17) is 4.74 Å². The van der Waals surface area contributed by atoms with Crippen molar-refractivity contribution in [2.75, 3.05) is 0 Å². The standard InChI is InChI=1S/C14H20O/c1-5-6-13-12-9-11(8-7-10(12)2)14(3,4)15-13/h5-8,11-13H,2,9H2,1,3-4H3/b6-5+. The van der Waals surface area contributed by atoms with Gasteiger partial charge in [-0.2, -0.15) is 0 Å². The average Bonchev–Trinajstić information content (AvgIpc) is 2.16. The topological polar surface area (TPSA) is 9.23 Å². The van der Waals surface area contributed by atoms with Crippen LogP contribution in [0.3, 0.4) is 0 Å². The third-order valence-electron chi connectivity index (χ3n) is 3.64. The zero-order valence-electron chi connectivity index (χ0n) is 9.86. The van der Waals surface area contributed by atoms with Gasteiger partial charge in [-0.1, -0.05) is 30.9 Å². The molecular weight excluding hydrogens is 184 g/mol. The fourth-order valence-corrected chi connectivity index (χ4v) is 2.61. The molecule has 0 spiro atoms. The van der Waals surface area contributed by atoms with Crippen LogP contribution in [-0.4, -0.2) is 11.7 Å². The first-order chi connectivity index (χ1) is 7.04. The first kappa shape index (κ1) is 10.7. The zero-order valence-corrected chi connectivity index (χ0v) is 9.86. The lowest BCUT2D eigenvalue weighted by Crippen LogP contribution is -2.47. The normalized spacial score (nSPS) is 38.6. The predicted molar refractivity (Wildman–Crippen MR) is 63.6 cm³/mol. The molecule has 1 aliphatic carbocycles. The van der Waals surface area contributed by atoms with Crippen molar-refractivity contribution < 1.29 is 4.74 Å². The number of hydrogen-bond donors (Lipinski definition) is 0. The van der Waals surface area contributed by atoms with Crippen molar-refractivity contribution in [2.24, 2.45) is 11.8 Å². The Morgan fingerprint density at radius 3 is 2.93 bits per heavy atom. The summed E-state index contributed by atoms with van der Waals surface area (Å²) in [7, 11) is 0. The summed E-state index contributed by atoms with van der Waals surface area (Å²) < 4.78 is 6.15. The summed E-state index contributed by atoms with van der Waals surface area (Å²) in [5, 5.41) is 0. The van der Waals surface area contributed by atoms with Gasteiger partial charge in [-0.3, -0.25) is 0 Å². The molecule has 2 rings (SSSR count). The Kier molecular flexibility index (Phi) is 2.59. The molecule has 1 aliphatic heterocycles. The lowest BCUT2D eigenvalue weighted by atomic mass is 9.71. The maximum atomic E-state index is 6.15. The molecule has 0 saturated carbocycles. The van der Waals surface area contributed by atoms with Crippen molar-refractivity contribution in [3.63, 3.8) is 0 Å². The van der Waals surface area contributed by atoms with Gasteiger partial charge >= 0.3 is 0 Å². The summed E-state index contributed by atoms with van der Waals surface area (Å²) in [4.78, 5) is 0. The number of allylic oxidation sites excluding steroid dienone is 2. The summed E-state index contributed by atoms with van der Waals surface area (Å²) in [5.41, 5.74) is 1.17. The van der Waals surface area contributed by atoms with E-state index >= 15 is 0 Å². The van der Waals surface area contributed by atoms with Crippen LogP contribution in [0.4, 0.5) is 0 Å². The largest absolute Gasteiger partial charge is 0.367 e. The molecule has 1 heteroatoms. The van der Waals surface area contributed by atoms with Crippen LogP contribution in [0.1, 0.15) is 27.2 Å². The zero-order chi connectivity index (χ0) is 11.1. The van der Waals surface area contributed by atoms with Crippen LogP contribution in [0.2, 0.25) is 0 Å². The van der Waals surface area contributed by atoms with Gasteiger partial charge in [0.15, 0.2) is 0 Å².